The van der Waals surface area contributed by atoms with E-state index in [0.29, 0.717) is 18.3 Å². The molecule has 1 unspecified atom stereocenters. The van der Waals surface area contributed by atoms with Crippen molar-refractivity contribution < 1.29 is 8.95 Å². The highest BCUT2D eigenvalue weighted by molar-refractivity contribution is 7.86. The number of aliphatic imine (C=N–C) groups is 1. The summed E-state index contributed by atoms with van der Waals surface area (Å²) >= 11 is 0. The number of piperidine rings is 1. The molecule has 1 heterocycles. The fraction of sp³-hybridized carbons (Fsp3) is 0.941. The van der Waals surface area contributed by atoms with Gasteiger partial charge in [0.05, 0.1) is 13.2 Å². The second-order valence-corrected chi connectivity index (χ2v) is 9.50. The third-order valence-corrected chi connectivity index (χ3v) is 6.03. The van der Waals surface area contributed by atoms with E-state index in [1.54, 1.807) is 7.11 Å². The number of hydrogen-bond acceptors (Lipinski definition) is 4. The maximum absolute atomic E-state index is 12.1. The zero-order valence-electron chi connectivity index (χ0n) is 16.1. The minimum Gasteiger partial charge on any atom is -0.383 e. The standard InChI is InChI=1S/C17H36N4O2S/c1-6-18-16(19-9-14-24(22)17(2,3)4)20-15-7-10-21(11-8-15)12-13-23-5/h15H,6-14H2,1-5H3,(H2,18,19,20). The number of hydrogen-bond donors (Lipinski definition) is 2. The summed E-state index contributed by atoms with van der Waals surface area (Å²) in [6, 6.07) is 0.453. The summed E-state index contributed by atoms with van der Waals surface area (Å²) in [5.74, 6) is 1.45. The van der Waals surface area contributed by atoms with Crippen molar-refractivity contribution in [1.29, 1.82) is 0 Å². The summed E-state index contributed by atoms with van der Waals surface area (Å²) in [5.41, 5.74) is 0. The maximum Gasteiger partial charge on any atom is 0.191 e. The van der Waals surface area contributed by atoms with Crippen LogP contribution in [-0.2, 0) is 15.5 Å². The van der Waals surface area contributed by atoms with Crippen molar-refractivity contribution in [2.75, 3.05) is 52.2 Å². The largest absolute Gasteiger partial charge is 0.383 e. The molecular weight excluding hydrogens is 324 g/mol. The van der Waals surface area contributed by atoms with E-state index in [2.05, 4.69) is 27.4 Å². The van der Waals surface area contributed by atoms with Gasteiger partial charge in [-0.15, -0.1) is 0 Å². The van der Waals surface area contributed by atoms with Crippen LogP contribution in [0.4, 0.5) is 0 Å². The second-order valence-electron chi connectivity index (χ2n) is 7.18. The van der Waals surface area contributed by atoms with Gasteiger partial charge in [0.2, 0.25) is 0 Å². The van der Waals surface area contributed by atoms with Gasteiger partial charge < -0.3 is 20.3 Å². The molecule has 0 amide bonds. The molecule has 7 heteroatoms. The second kappa shape index (κ2) is 11.1. The molecule has 0 bridgehead atoms. The lowest BCUT2D eigenvalue weighted by Crippen LogP contribution is -2.49. The van der Waals surface area contributed by atoms with Crippen molar-refractivity contribution in [1.82, 2.24) is 15.5 Å². The van der Waals surface area contributed by atoms with Crippen molar-refractivity contribution in [2.24, 2.45) is 4.99 Å². The first-order valence-electron chi connectivity index (χ1n) is 9.01. The smallest absolute Gasteiger partial charge is 0.191 e. The van der Waals surface area contributed by atoms with E-state index in [0.717, 1.165) is 51.6 Å². The van der Waals surface area contributed by atoms with Crippen LogP contribution < -0.4 is 10.6 Å². The summed E-state index contributed by atoms with van der Waals surface area (Å²) in [5, 5.41) is 6.82. The Labute approximate surface area is 150 Å². The highest BCUT2D eigenvalue weighted by Crippen LogP contribution is 2.11. The van der Waals surface area contributed by atoms with Crippen LogP contribution in [0.3, 0.4) is 0 Å². The summed E-state index contributed by atoms with van der Waals surface area (Å²) in [6.07, 6.45) is 2.23. The van der Waals surface area contributed by atoms with Crippen molar-refractivity contribution >= 4 is 16.8 Å². The Morgan fingerprint density at radius 3 is 2.54 bits per heavy atom. The van der Waals surface area contributed by atoms with Crippen LogP contribution in [0.25, 0.3) is 0 Å². The molecule has 142 valence electrons. The van der Waals surface area contributed by atoms with Gasteiger partial charge in [-0.2, -0.15) is 0 Å². The predicted molar refractivity (Wildman–Crippen MR) is 103 cm³/mol. The summed E-state index contributed by atoms with van der Waals surface area (Å²) in [4.78, 5) is 7.04. The number of guanidine groups is 1. The zero-order valence-corrected chi connectivity index (χ0v) is 16.9. The average molecular weight is 361 g/mol. The molecule has 0 aromatic rings. The third-order valence-electron chi connectivity index (χ3n) is 4.11. The molecule has 1 atom stereocenters. The molecule has 0 aromatic carbocycles. The Balaban J connectivity index is 2.40. The van der Waals surface area contributed by atoms with Gasteiger partial charge in [-0.3, -0.25) is 9.20 Å². The molecule has 0 saturated carbocycles. The fourth-order valence-corrected chi connectivity index (χ4v) is 3.45. The zero-order chi connectivity index (χ0) is 18.0. The minimum absolute atomic E-state index is 0.170. The van der Waals surface area contributed by atoms with Gasteiger partial charge in [0.15, 0.2) is 5.96 Å². The first-order valence-corrected chi connectivity index (χ1v) is 10.3. The van der Waals surface area contributed by atoms with Gasteiger partial charge in [-0.1, -0.05) is 0 Å². The molecule has 0 radical (unpaired) electrons. The quantitative estimate of drug-likeness (QED) is 0.503. The van der Waals surface area contributed by atoms with Crippen LogP contribution in [0.1, 0.15) is 40.5 Å². The molecule has 1 saturated heterocycles. The molecule has 1 fully saturated rings. The molecule has 1 rings (SSSR count). The molecule has 1 aliphatic heterocycles. The van der Waals surface area contributed by atoms with Gasteiger partial charge >= 0.3 is 0 Å². The van der Waals surface area contributed by atoms with Crippen LogP contribution in [0, 0.1) is 0 Å². The predicted octanol–water partition coefficient (Wildman–Crippen LogP) is 1.20. The highest BCUT2D eigenvalue weighted by Gasteiger charge is 2.20. The number of nitrogens with zero attached hydrogens (tertiary/aromatic N) is 2. The van der Waals surface area contributed by atoms with Crippen molar-refractivity contribution in [3.05, 3.63) is 0 Å². The van der Waals surface area contributed by atoms with Gasteiger partial charge in [0.25, 0.3) is 0 Å². The normalized spacial score (nSPS) is 19.3. The fourth-order valence-electron chi connectivity index (χ4n) is 2.58. The van der Waals surface area contributed by atoms with E-state index >= 15 is 0 Å². The van der Waals surface area contributed by atoms with Gasteiger partial charge in [-0.05, 0) is 40.5 Å². The highest BCUT2D eigenvalue weighted by atomic mass is 32.2. The van der Waals surface area contributed by atoms with Crippen molar-refractivity contribution in [3.8, 4) is 0 Å². The van der Waals surface area contributed by atoms with E-state index in [1.807, 2.05) is 20.8 Å². The number of methoxy groups -OCH3 is 1. The minimum atomic E-state index is -0.854. The van der Waals surface area contributed by atoms with Crippen LogP contribution in [0.2, 0.25) is 0 Å². The monoisotopic (exact) mass is 360 g/mol. The first kappa shape index (κ1) is 21.4. The van der Waals surface area contributed by atoms with E-state index in [4.69, 9.17) is 4.74 Å². The van der Waals surface area contributed by atoms with E-state index < -0.39 is 10.8 Å². The molecular formula is C17H36N4O2S. The topological polar surface area (TPSA) is 66.0 Å². The van der Waals surface area contributed by atoms with Crippen LogP contribution in [0.5, 0.6) is 0 Å². The Kier molecular flexibility index (Phi) is 9.85. The Bertz CT molecular complexity index is 402. The van der Waals surface area contributed by atoms with E-state index in [9.17, 15) is 4.21 Å². The average Bonchev–Trinajstić information content (AvgIpc) is 2.53. The molecule has 1 aliphatic rings. The maximum atomic E-state index is 12.1. The first-order chi connectivity index (χ1) is 11.4. The SMILES string of the molecule is CCNC(=NCCS(=O)C(C)(C)C)NC1CCN(CCOC)CC1. The number of ether oxygens (including phenoxy) is 1. The van der Waals surface area contributed by atoms with Crippen LogP contribution in [0.15, 0.2) is 4.99 Å². The molecule has 0 aliphatic carbocycles. The lowest BCUT2D eigenvalue weighted by molar-refractivity contribution is 0.128. The number of rotatable bonds is 8. The Morgan fingerprint density at radius 2 is 2.00 bits per heavy atom. The number of nitrogens with one attached hydrogen (secondary N) is 2. The van der Waals surface area contributed by atoms with Gasteiger partial charge in [-0.25, -0.2) is 0 Å². The van der Waals surface area contributed by atoms with Crippen LogP contribution in [-0.4, -0.2) is 78.1 Å². The van der Waals surface area contributed by atoms with Crippen molar-refractivity contribution in [3.63, 3.8) is 0 Å². The Hall–Kier alpha value is -0.660. The summed E-state index contributed by atoms with van der Waals surface area (Å²) in [6.45, 7) is 13.5. The van der Waals surface area contributed by atoms with Gasteiger partial charge in [0.1, 0.15) is 0 Å². The Morgan fingerprint density at radius 1 is 1.33 bits per heavy atom. The molecule has 6 nitrogen and oxygen atoms in total. The van der Waals surface area contributed by atoms with E-state index in [-0.39, 0.29) is 4.75 Å². The van der Waals surface area contributed by atoms with Gasteiger partial charge in [0, 0.05) is 60.6 Å². The summed E-state index contributed by atoms with van der Waals surface area (Å²) in [7, 11) is 0.896. The van der Waals surface area contributed by atoms with E-state index in [1.165, 1.54) is 0 Å². The van der Waals surface area contributed by atoms with Crippen molar-refractivity contribution in [2.45, 2.75) is 51.3 Å². The molecule has 24 heavy (non-hydrogen) atoms. The van der Waals surface area contributed by atoms with Crippen LogP contribution >= 0.6 is 0 Å². The number of likely N-dealkylation sites (tertiary alicyclic amines) is 1. The summed E-state index contributed by atoms with van der Waals surface area (Å²) < 4.78 is 17.1. The molecule has 2 N–H and O–H groups in total. The third kappa shape index (κ3) is 8.44. The molecule has 0 spiro atoms. The molecule has 0 aromatic heterocycles. The lowest BCUT2D eigenvalue weighted by Gasteiger charge is -2.32. The lowest BCUT2D eigenvalue weighted by atomic mass is 10.1.